The van der Waals surface area contributed by atoms with Gasteiger partial charge in [0.15, 0.2) is 0 Å². The number of nitrogens with one attached hydrogen (secondary N) is 1. The van der Waals surface area contributed by atoms with Crippen molar-refractivity contribution in [3.05, 3.63) is 60.1 Å². The minimum Gasteiger partial charge on any atom is -0.493 e. The van der Waals surface area contributed by atoms with Crippen molar-refractivity contribution in [2.45, 2.75) is 6.54 Å². The van der Waals surface area contributed by atoms with Crippen LogP contribution < -0.4 is 4.72 Å². The fraction of sp³-hybridized carbons (Fsp3) is 0.0769. The fourth-order valence-corrected chi connectivity index (χ4v) is 3.13. The van der Waals surface area contributed by atoms with E-state index in [2.05, 4.69) is 4.72 Å². The van der Waals surface area contributed by atoms with Crippen LogP contribution in [-0.4, -0.2) is 17.8 Å². The second-order valence-electron chi connectivity index (χ2n) is 4.27. The Kier molecular flexibility index (Phi) is 2.60. The van der Waals surface area contributed by atoms with Crippen LogP contribution in [0.3, 0.4) is 0 Å². The van der Waals surface area contributed by atoms with E-state index in [0.717, 1.165) is 26.8 Å². The van der Waals surface area contributed by atoms with Gasteiger partial charge >= 0.3 is 10.2 Å². The Bertz CT molecular complexity index is 763. The van der Waals surface area contributed by atoms with Crippen molar-refractivity contribution in [2.24, 2.45) is 0 Å². The number of benzene rings is 2. The van der Waals surface area contributed by atoms with Crippen molar-refractivity contribution in [3.8, 4) is 0 Å². The molecule has 2 aromatic rings. The summed E-state index contributed by atoms with van der Waals surface area (Å²) in [5.74, 6) is -0.298. The van der Waals surface area contributed by atoms with Crippen LogP contribution in [0.2, 0.25) is 0 Å². The molecule has 0 atom stereocenters. The summed E-state index contributed by atoms with van der Waals surface area (Å²) in [7, 11) is -3.66. The van der Waals surface area contributed by atoms with Gasteiger partial charge < -0.3 is 5.11 Å². The van der Waals surface area contributed by atoms with Gasteiger partial charge in [-0.1, -0.05) is 42.5 Å². The van der Waals surface area contributed by atoms with Gasteiger partial charge in [-0.2, -0.15) is 8.42 Å². The molecule has 0 fully saturated rings. The van der Waals surface area contributed by atoms with Gasteiger partial charge in [0, 0.05) is 0 Å². The summed E-state index contributed by atoms with van der Waals surface area (Å²) in [5.41, 5.74) is 0.838. The monoisotopic (exact) mass is 276 g/mol. The average molecular weight is 276 g/mol. The number of aliphatic hydroxyl groups is 1. The Morgan fingerprint density at radius 1 is 1.11 bits per heavy atom. The van der Waals surface area contributed by atoms with Crippen LogP contribution in [0, 0.1) is 0 Å². The molecule has 5 nitrogen and oxygen atoms in total. The highest BCUT2D eigenvalue weighted by Crippen LogP contribution is 2.23. The lowest BCUT2D eigenvalue weighted by Crippen LogP contribution is -2.30. The molecule has 0 saturated heterocycles. The summed E-state index contributed by atoms with van der Waals surface area (Å²) < 4.78 is 26.5. The summed E-state index contributed by atoms with van der Waals surface area (Å²) in [6, 6.07) is 13.4. The molecule has 0 amide bonds. The van der Waals surface area contributed by atoms with Crippen molar-refractivity contribution in [1.29, 1.82) is 0 Å². The maximum absolute atomic E-state index is 11.7. The first-order chi connectivity index (χ1) is 9.08. The highest BCUT2D eigenvalue weighted by atomic mass is 32.2. The lowest BCUT2D eigenvalue weighted by atomic mass is 10.0. The molecule has 98 valence electrons. The fourth-order valence-electron chi connectivity index (χ4n) is 2.14. The van der Waals surface area contributed by atoms with Crippen molar-refractivity contribution < 1.29 is 13.5 Å². The third kappa shape index (κ3) is 2.00. The standard InChI is InChI=1S/C13H12N2O3S/c16-13-8-14-19(17,18)15(13)9-11-6-3-5-10-4-1-2-7-12(10)11/h1-8,14,16H,9H2. The van der Waals surface area contributed by atoms with Gasteiger partial charge in [-0.25, -0.2) is 4.31 Å². The predicted molar refractivity (Wildman–Crippen MR) is 72.3 cm³/mol. The lowest BCUT2D eigenvalue weighted by Gasteiger charge is -2.17. The Balaban J connectivity index is 2.05. The first-order valence-electron chi connectivity index (χ1n) is 5.74. The molecular weight excluding hydrogens is 264 g/mol. The lowest BCUT2D eigenvalue weighted by molar-refractivity contribution is 0.284. The molecule has 1 heterocycles. The van der Waals surface area contributed by atoms with Crippen molar-refractivity contribution in [2.75, 3.05) is 0 Å². The first-order valence-corrected chi connectivity index (χ1v) is 7.18. The molecule has 2 aromatic carbocycles. The van der Waals surface area contributed by atoms with Crippen LogP contribution in [0.15, 0.2) is 54.5 Å². The molecule has 1 aliphatic rings. The number of hydrogen-bond acceptors (Lipinski definition) is 3. The van der Waals surface area contributed by atoms with Crippen LogP contribution in [0.5, 0.6) is 0 Å². The molecular formula is C13H12N2O3S. The van der Waals surface area contributed by atoms with Crippen LogP contribution >= 0.6 is 0 Å². The van der Waals surface area contributed by atoms with E-state index in [1.54, 1.807) is 0 Å². The van der Waals surface area contributed by atoms with E-state index in [1.807, 2.05) is 42.5 Å². The number of aliphatic hydroxyl groups excluding tert-OH is 1. The summed E-state index contributed by atoms with van der Waals surface area (Å²) in [5, 5.41) is 11.6. The number of hydrogen-bond donors (Lipinski definition) is 2. The molecule has 0 spiro atoms. The maximum atomic E-state index is 11.7. The maximum Gasteiger partial charge on any atom is 0.326 e. The third-order valence-corrected chi connectivity index (χ3v) is 4.39. The van der Waals surface area contributed by atoms with E-state index in [1.165, 1.54) is 0 Å². The summed E-state index contributed by atoms with van der Waals surface area (Å²) in [6.07, 6.45) is 1.07. The number of rotatable bonds is 2. The predicted octanol–water partition coefficient (Wildman–Crippen LogP) is 1.85. The number of nitrogens with zero attached hydrogens (tertiary/aromatic N) is 1. The minimum absolute atomic E-state index is 0.0962. The summed E-state index contributed by atoms with van der Waals surface area (Å²) >= 11 is 0. The zero-order chi connectivity index (χ0) is 13.5. The van der Waals surface area contributed by atoms with Gasteiger partial charge in [0.25, 0.3) is 0 Å². The normalized spacial score (nSPS) is 17.3. The molecule has 1 aliphatic heterocycles. The molecule has 0 radical (unpaired) electrons. The molecule has 6 heteroatoms. The zero-order valence-electron chi connectivity index (χ0n) is 9.95. The van der Waals surface area contributed by atoms with Crippen LogP contribution in [0.1, 0.15) is 5.56 Å². The molecule has 0 aliphatic carbocycles. The third-order valence-electron chi connectivity index (χ3n) is 3.08. The highest BCUT2D eigenvalue weighted by Gasteiger charge is 2.29. The summed E-state index contributed by atoms with van der Waals surface area (Å²) in [4.78, 5) is 0. The average Bonchev–Trinajstić information content (AvgIpc) is 2.66. The van der Waals surface area contributed by atoms with Gasteiger partial charge in [0.05, 0.1) is 12.7 Å². The van der Waals surface area contributed by atoms with Crippen LogP contribution in [-0.2, 0) is 16.8 Å². The van der Waals surface area contributed by atoms with Gasteiger partial charge in [0.2, 0.25) is 5.88 Å². The van der Waals surface area contributed by atoms with Gasteiger partial charge in [-0.15, -0.1) is 0 Å². The molecule has 0 unspecified atom stereocenters. The molecule has 0 aromatic heterocycles. The molecule has 2 N–H and O–H groups in total. The molecule has 0 bridgehead atoms. The van der Waals surface area contributed by atoms with E-state index in [-0.39, 0.29) is 12.4 Å². The largest absolute Gasteiger partial charge is 0.493 e. The zero-order valence-corrected chi connectivity index (χ0v) is 10.8. The van der Waals surface area contributed by atoms with E-state index in [0.29, 0.717) is 0 Å². The van der Waals surface area contributed by atoms with Crippen molar-refractivity contribution in [1.82, 2.24) is 9.03 Å². The Morgan fingerprint density at radius 3 is 2.58 bits per heavy atom. The van der Waals surface area contributed by atoms with Crippen LogP contribution in [0.25, 0.3) is 10.8 Å². The first kappa shape index (κ1) is 11.9. The highest BCUT2D eigenvalue weighted by molar-refractivity contribution is 7.87. The smallest absolute Gasteiger partial charge is 0.326 e. The Morgan fingerprint density at radius 2 is 1.84 bits per heavy atom. The minimum atomic E-state index is -3.66. The van der Waals surface area contributed by atoms with E-state index < -0.39 is 10.2 Å². The summed E-state index contributed by atoms with van der Waals surface area (Å²) in [6.45, 7) is 0.0962. The van der Waals surface area contributed by atoms with E-state index >= 15 is 0 Å². The van der Waals surface area contributed by atoms with Crippen molar-refractivity contribution >= 4 is 21.0 Å². The quantitative estimate of drug-likeness (QED) is 0.879. The number of fused-ring (bicyclic) bond motifs is 1. The van der Waals surface area contributed by atoms with E-state index in [9.17, 15) is 13.5 Å². The van der Waals surface area contributed by atoms with Crippen LogP contribution in [0.4, 0.5) is 0 Å². The van der Waals surface area contributed by atoms with Gasteiger partial charge in [-0.3, -0.25) is 4.72 Å². The molecule has 3 rings (SSSR count). The Hall–Kier alpha value is -2.21. The second kappa shape index (κ2) is 4.17. The topological polar surface area (TPSA) is 69.6 Å². The van der Waals surface area contributed by atoms with Gasteiger partial charge in [-0.05, 0) is 16.3 Å². The molecule has 0 saturated carbocycles. The second-order valence-corrected chi connectivity index (χ2v) is 5.90. The Labute approximate surface area is 111 Å². The van der Waals surface area contributed by atoms with E-state index in [4.69, 9.17) is 0 Å². The molecule has 19 heavy (non-hydrogen) atoms. The van der Waals surface area contributed by atoms with Crippen molar-refractivity contribution in [3.63, 3.8) is 0 Å². The SMILES string of the molecule is O=S1(=O)NC=C(O)N1Cc1cccc2ccccc12. The van der Waals surface area contributed by atoms with Gasteiger partial charge in [0.1, 0.15) is 0 Å².